The molecule has 0 saturated heterocycles. The summed E-state index contributed by atoms with van der Waals surface area (Å²) in [6.45, 7) is 0. The van der Waals surface area contributed by atoms with Crippen LogP contribution in [0.3, 0.4) is 0 Å². The van der Waals surface area contributed by atoms with Gasteiger partial charge in [0, 0.05) is 10.2 Å². The summed E-state index contributed by atoms with van der Waals surface area (Å²) in [5, 5.41) is 0. The van der Waals surface area contributed by atoms with Crippen LogP contribution in [0.15, 0.2) is 40.9 Å². The number of anilines is 1. The van der Waals surface area contributed by atoms with Crippen molar-refractivity contribution in [2.24, 2.45) is 0 Å². The molecule has 1 aliphatic rings. The molecule has 0 fully saturated rings. The first-order valence-electron chi connectivity index (χ1n) is 5.92. The Balaban J connectivity index is 2.16. The van der Waals surface area contributed by atoms with E-state index in [1.807, 2.05) is 6.07 Å². The van der Waals surface area contributed by atoms with Crippen LogP contribution in [-0.4, -0.2) is 0 Å². The number of hydrogen-bond donors (Lipinski definition) is 1. The van der Waals surface area contributed by atoms with Crippen LogP contribution >= 0.6 is 15.9 Å². The van der Waals surface area contributed by atoms with Crippen LogP contribution in [0.25, 0.3) is 11.1 Å². The average Bonchev–Trinajstić information content (AvgIpc) is 2.81. The van der Waals surface area contributed by atoms with Gasteiger partial charge < -0.3 is 5.73 Å². The molecule has 86 valence electrons. The van der Waals surface area contributed by atoms with E-state index < -0.39 is 0 Å². The van der Waals surface area contributed by atoms with Crippen LogP contribution in [0.1, 0.15) is 17.5 Å². The lowest BCUT2D eigenvalue weighted by Gasteiger charge is -2.11. The van der Waals surface area contributed by atoms with Crippen LogP contribution in [0.2, 0.25) is 0 Å². The van der Waals surface area contributed by atoms with Crippen molar-refractivity contribution in [3.8, 4) is 11.1 Å². The Morgan fingerprint density at radius 2 is 1.59 bits per heavy atom. The van der Waals surface area contributed by atoms with Gasteiger partial charge in [-0.25, -0.2) is 0 Å². The van der Waals surface area contributed by atoms with Crippen molar-refractivity contribution in [2.45, 2.75) is 19.3 Å². The molecule has 0 aliphatic heterocycles. The molecular weight excluding hydrogens is 274 g/mol. The lowest BCUT2D eigenvalue weighted by molar-refractivity contribution is 0.913. The molecule has 1 aliphatic carbocycles. The zero-order valence-corrected chi connectivity index (χ0v) is 11.1. The maximum absolute atomic E-state index is 6.04. The number of nitrogen functional groups attached to an aromatic ring is 1. The van der Waals surface area contributed by atoms with Gasteiger partial charge in [-0.2, -0.15) is 0 Å². The fourth-order valence-corrected chi connectivity index (χ4v) is 2.90. The monoisotopic (exact) mass is 287 g/mol. The Hall–Kier alpha value is -1.28. The molecule has 0 spiro atoms. The van der Waals surface area contributed by atoms with Crippen molar-refractivity contribution in [2.75, 3.05) is 5.73 Å². The molecule has 0 bridgehead atoms. The highest BCUT2D eigenvalue weighted by atomic mass is 79.9. The van der Waals surface area contributed by atoms with Gasteiger partial charge in [0.05, 0.1) is 0 Å². The Morgan fingerprint density at radius 3 is 2.35 bits per heavy atom. The first kappa shape index (κ1) is 10.8. The number of halogens is 1. The van der Waals surface area contributed by atoms with Crippen molar-refractivity contribution < 1.29 is 0 Å². The van der Waals surface area contributed by atoms with E-state index in [0.717, 1.165) is 23.0 Å². The Bertz CT molecular complexity index is 558. The SMILES string of the molecule is Nc1ccc(-c2ccc(Br)cc2)c2c1CCC2. The highest BCUT2D eigenvalue weighted by molar-refractivity contribution is 9.10. The fourth-order valence-electron chi connectivity index (χ4n) is 2.63. The molecule has 0 unspecified atom stereocenters. The first-order chi connectivity index (χ1) is 8.25. The summed E-state index contributed by atoms with van der Waals surface area (Å²) >= 11 is 3.47. The van der Waals surface area contributed by atoms with Gasteiger partial charge in [-0.05, 0) is 59.7 Å². The highest BCUT2D eigenvalue weighted by Gasteiger charge is 2.17. The average molecular weight is 288 g/mol. The maximum Gasteiger partial charge on any atom is 0.0349 e. The standard InChI is InChI=1S/C15H14BrN/c16-11-6-4-10(5-7-11)12-8-9-15(17)14-3-1-2-13(12)14/h4-9H,1-3,17H2. The summed E-state index contributed by atoms with van der Waals surface area (Å²) in [7, 11) is 0. The molecule has 2 N–H and O–H groups in total. The molecule has 0 heterocycles. The van der Waals surface area contributed by atoms with E-state index in [1.54, 1.807) is 0 Å². The highest BCUT2D eigenvalue weighted by Crippen LogP contribution is 2.35. The second kappa shape index (κ2) is 4.19. The topological polar surface area (TPSA) is 26.0 Å². The second-order valence-electron chi connectivity index (χ2n) is 4.52. The van der Waals surface area contributed by atoms with Crippen molar-refractivity contribution >= 4 is 21.6 Å². The lowest BCUT2D eigenvalue weighted by Crippen LogP contribution is -1.95. The van der Waals surface area contributed by atoms with Gasteiger partial charge in [-0.3, -0.25) is 0 Å². The predicted octanol–water partition coefficient (Wildman–Crippen LogP) is 4.19. The zero-order valence-electron chi connectivity index (χ0n) is 9.54. The molecule has 2 aromatic rings. The number of hydrogen-bond acceptors (Lipinski definition) is 1. The third kappa shape index (κ3) is 1.87. The van der Waals surface area contributed by atoms with E-state index in [2.05, 4.69) is 46.3 Å². The molecule has 0 radical (unpaired) electrons. The third-order valence-electron chi connectivity index (χ3n) is 3.48. The van der Waals surface area contributed by atoms with Crippen molar-refractivity contribution in [1.29, 1.82) is 0 Å². The number of rotatable bonds is 1. The molecule has 0 aromatic heterocycles. The molecular formula is C15H14BrN. The second-order valence-corrected chi connectivity index (χ2v) is 5.44. The van der Waals surface area contributed by atoms with E-state index in [4.69, 9.17) is 5.73 Å². The van der Waals surface area contributed by atoms with Crippen LogP contribution in [0.5, 0.6) is 0 Å². The molecule has 0 atom stereocenters. The maximum atomic E-state index is 6.04. The minimum absolute atomic E-state index is 0.957. The summed E-state index contributed by atoms with van der Waals surface area (Å²) in [4.78, 5) is 0. The molecule has 3 rings (SSSR count). The van der Waals surface area contributed by atoms with E-state index in [1.165, 1.54) is 28.7 Å². The lowest BCUT2D eigenvalue weighted by atomic mass is 9.96. The third-order valence-corrected chi connectivity index (χ3v) is 4.00. The quantitative estimate of drug-likeness (QED) is 0.782. The van der Waals surface area contributed by atoms with E-state index >= 15 is 0 Å². The van der Waals surface area contributed by atoms with Crippen molar-refractivity contribution in [1.82, 2.24) is 0 Å². The number of benzene rings is 2. The van der Waals surface area contributed by atoms with Gasteiger partial charge in [0.15, 0.2) is 0 Å². The Labute approximate surface area is 110 Å². The van der Waals surface area contributed by atoms with Crippen LogP contribution in [-0.2, 0) is 12.8 Å². The first-order valence-corrected chi connectivity index (χ1v) is 6.71. The molecule has 0 amide bonds. The molecule has 1 nitrogen and oxygen atoms in total. The fraction of sp³-hybridized carbons (Fsp3) is 0.200. The normalized spacial score (nSPS) is 13.7. The van der Waals surface area contributed by atoms with E-state index in [9.17, 15) is 0 Å². The number of nitrogens with two attached hydrogens (primary N) is 1. The van der Waals surface area contributed by atoms with Gasteiger partial charge in [0.25, 0.3) is 0 Å². The molecule has 0 saturated carbocycles. The van der Waals surface area contributed by atoms with Crippen LogP contribution < -0.4 is 5.73 Å². The molecule has 17 heavy (non-hydrogen) atoms. The largest absolute Gasteiger partial charge is 0.398 e. The summed E-state index contributed by atoms with van der Waals surface area (Å²) in [5.74, 6) is 0. The van der Waals surface area contributed by atoms with Gasteiger partial charge >= 0.3 is 0 Å². The molecule has 2 aromatic carbocycles. The summed E-state index contributed by atoms with van der Waals surface area (Å²) in [6.07, 6.45) is 3.52. The van der Waals surface area contributed by atoms with Crippen molar-refractivity contribution in [3.05, 3.63) is 52.0 Å². The zero-order chi connectivity index (χ0) is 11.8. The van der Waals surface area contributed by atoms with Gasteiger partial charge in [0.2, 0.25) is 0 Å². The van der Waals surface area contributed by atoms with Crippen molar-refractivity contribution in [3.63, 3.8) is 0 Å². The minimum Gasteiger partial charge on any atom is -0.398 e. The number of fused-ring (bicyclic) bond motifs is 1. The van der Waals surface area contributed by atoms with Gasteiger partial charge in [-0.15, -0.1) is 0 Å². The van der Waals surface area contributed by atoms with Crippen LogP contribution in [0, 0.1) is 0 Å². The predicted molar refractivity (Wildman–Crippen MR) is 76.0 cm³/mol. The summed E-state index contributed by atoms with van der Waals surface area (Å²) < 4.78 is 1.12. The van der Waals surface area contributed by atoms with Crippen LogP contribution in [0.4, 0.5) is 5.69 Å². The molecule has 2 heteroatoms. The van der Waals surface area contributed by atoms with E-state index in [-0.39, 0.29) is 0 Å². The van der Waals surface area contributed by atoms with E-state index in [0.29, 0.717) is 0 Å². The summed E-state index contributed by atoms with van der Waals surface area (Å²) in [6, 6.07) is 12.7. The van der Waals surface area contributed by atoms with Gasteiger partial charge in [0.1, 0.15) is 0 Å². The Morgan fingerprint density at radius 1 is 0.882 bits per heavy atom. The van der Waals surface area contributed by atoms with Gasteiger partial charge in [-0.1, -0.05) is 34.1 Å². The summed E-state index contributed by atoms with van der Waals surface area (Å²) in [5.41, 5.74) is 12.4. The smallest absolute Gasteiger partial charge is 0.0349 e. The Kier molecular flexibility index (Phi) is 2.67. The minimum atomic E-state index is 0.957.